The Morgan fingerprint density at radius 3 is 2.56 bits per heavy atom. The van der Waals surface area contributed by atoms with Crippen LogP contribution in [0.5, 0.6) is 0 Å². The van der Waals surface area contributed by atoms with Crippen LogP contribution in [0, 0.1) is 17.6 Å². The molecule has 0 unspecified atom stereocenters. The highest BCUT2D eigenvalue weighted by Gasteiger charge is 2.36. The van der Waals surface area contributed by atoms with Crippen LogP contribution in [0.15, 0.2) is 29.4 Å². The van der Waals surface area contributed by atoms with E-state index in [0.717, 1.165) is 44.6 Å². The third kappa shape index (κ3) is 3.28. The van der Waals surface area contributed by atoms with E-state index in [1.165, 1.54) is 6.20 Å². The van der Waals surface area contributed by atoms with Crippen LogP contribution in [0.1, 0.15) is 12.8 Å². The maximum atomic E-state index is 13.4. The largest absolute Gasteiger partial charge is 0.460 e. The second-order valence-corrected chi connectivity index (χ2v) is 6.63. The minimum atomic E-state index is -0.878. The van der Waals surface area contributed by atoms with Gasteiger partial charge in [0.1, 0.15) is 11.9 Å². The Morgan fingerprint density at radius 1 is 1.20 bits per heavy atom. The first-order chi connectivity index (χ1) is 12.1. The van der Waals surface area contributed by atoms with E-state index in [1.54, 1.807) is 13.1 Å². The zero-order chi connectivity index (χ0) is 17.4. The first kappa shape index (κ1) is 16.2. The summed E-state index contributed by atoms with van der Waals surface area (Å²) in [4.78, 5) is 10.8. The molecule has 1 aromatic heterocycles. The van der Waals surface area contributed by atoms with Crippen LogP contribution < -0.4 is 5.32 Å². The van der Waals surface area contributed by atoms with Crippen molar-refractivity contribution >= 4 is 22.6 Å². The molecule has 3 saturated heterocycles. The highest BCUT2D eigenvalue weighted by Crippen LogP contribution is 2.30. The highest BCUT2D eigenvalue weighted by molar-refractivity contribution is 5.91. The zero-order valence-corrected chi connectivity index (χ0v) is 14.0. The number of hydrogen-bond acceptors (Lipinski definition) is 4. The summed E-state index contributed by atoms with van der Waals surface area (Å²) in [6.07, 6.45) is 3.93. The summed E-state index contributed by atoms with van der Waals surface area (Å²) >= 11 is 0. The van der Waals surface area contributed by atoms with Gasteiger partial charge in [-0.3, -0.25) is 10.2 Å². The number of rotatable bonds is 2. The quantitative estimate of drug-likeness (QED) is 0.671. The van der Waals surface area contributed by atoms with Gasteiger partial charge in [-0.25, -0.2) is 18.8 Å². The van der Waals surface area contributed by atoms with Crippen molar-refractivity contribution in [2.75, 3.05) is 32.0 Å². The number of amidine groups is 1. The van der Waals surface area contributed by atoms with E-state index in [9.17, 15) is 8.78 Å². The molecule has 0 radical (unpaired) electrons. The van der Waals surface area contributed by atoms with E-state index in [0.29, 0.717) is 28.5 Å². The fraction of sp³-hybridized carbons (Fsp3) is 0.444. The van der Waals surface area contributed by atoms with E-state index in [1.807, 2.05) is 0 Å². The Bertz CT molecular complexity index is 818. The number of piperidine rings is 3. The molecule has 5 nitrogen and oxygen atoms in total. The van der Waals surface area contributed by atoms with Crippen molar-refractivity contribution in [1.82, 2.24) is 9.88 Å². The Morgan fingerprint density at radius 2 is 1.92 bits per heavy atom. The van der Waals surface area contributed by atoms with Gasteiger partial charge in [0.15, 0.2) is 11.6 Å². The molecule has 1 atom stereocenters. The summed E-state index contributed by atoms with van der Waals surface area (Å²) in [5.41, 5.74) is 0. The van der Waals surface area contributed by atoms with E-state index in [2.05, 4.69) is 20.2 Å². The molecule has 1 aromatic carbocycles. The summed E-state index contributed by atoms with van der Waals surface area (Å²) in [6.45, 7) is 3.21. The van der Waals surface area contributed by atoms with Crippen molar-refractivity contribution in [2.45, 2.75) is 18.9 Å². The summed E-state index contributed by atoms with van der Waals surface area (Å²) in [5.74, 6) is -0.709. The van der Waals surface area contributed by atoms with Gasteiger partial charge in [0.25, 0.3) is 6.02 Å². The summed E-state index contributed by atoms with van der Waals surface area (Å²) in [5, 5.41) is 4.15. The molecule has 25 heavy (non-hydrogen) atoms. The van der Waals surface area contributed by atoms with E-state index < -0.39 is 11.6 Å². The number of fused-ring (bicyclic) bond motifs is 4. The third-order valence-electron chi connectivity index (χ3n) is 5.06. The molecule has 1 N–H and O–H groups in total. The molecule has 4 heterocycles. The van der Waals surface area contributed by atoms with Crippen LogP contribution in [0.4, 0.5) is 14.6 Å². The Balaban J connectivity index is 1.50. The van der Waals surface area contributed by atoms with Gasteiger partial charge in [-0.15, -0.1) is 0 Å². The number of aliphatic imine (C=N–C) groups is 1. The maximum absolute atomic E-state index is 13.4. The predicted octanol–water partition coefficient (Wildman–Crippen LogP) is 3.02. The van der Waals surface area contributed by atoms with Gasteiger partial charge >= 0.3 is 0 Å². The highest BCUT2D eigenvalue weighted by atomic mass is 19.2. The van der Waals surface area contributed by atoms with Crippen LogP contribution >= 0.6 is 0 Å². The number of aromatic nitrogens is 1. The molecular weight excluding hydrogens is 326 g/mol. The first-order valence-corrected chi connectivity index (χ1v) is 8.50. The second kappa shape index (κ2) is 6.55. The molecule has 0 aliphatic carbocycles. The van der Waals surface area contributed by atoms with Crippen molar-refractivity contribution in [3.05, 3.63) is 36.0 Å². The normalized spacial score (nSPS) is 26.0. The van der Waals surface area contributed by atoms with Gasteiger partial charge in [-0.1, -0.05) is 0 Å². The monoisotopic (exact) mass is 346 g/mol. The summed E-state index contributed by atoms with van der Waals surface area (Å²) in [6, 6.07) is 4.35. The molecule has 132 valence electrons. The van der Waals surface area contributed by atoms with Gasteiger partial charge in [-0.05, 0) is 55.4 Å². The Hall–Kier alpha value is -2.28. The predicted molar refractivity (Wildman–Crippen MR) is 92.7 cm³/mol. The van der Waals surface area contributed by atoms with Crippen LogP contribution in [-0.2, 0) is 4.74 Å². The van der Waals surface area contributed by atoms with Crippen LogP contribution in [0.25, 0.3) is 10.8 Å². The van der Waals surface area contributed by atoms with Gasteiger partial charge in [0.2, 0.25) is 0 Å². The minimum absolute atomic E-state index is 0.126. The lowest BCUT2D eigenvalue weighted by Gasteiger charge is -2.44. The van der Waals surface area contributed by atoms with E-state index >= 15 is 0 Å². The smallest absolute Gasteiger partial charge is 0.290 e. The van der Waals surface area contributed by atoms with Crippen molar-refractivity contribution in [3.63, 3.8) is 0 Å². The number of nitrogens with zero attached hydrogens (tertiary/aromatic N) is 3. The van der Waals surface area contributed by atoms with Gasteiger partial charge in [-0.2, -0.15) is 0 Å². The minimum Gasteiger partial charge on any atom is -0.460 e. The van der Waals surface area contributed by atoms with Crippen LogP contribution in [0.2, 0.25) is 0 Å². The second-order valence-electron chi connectivity index (χ2n) is 6.63. The molecule has 3 aliphatic heterocycles. The number of anilines is 1. The molecule has 0 saturated carbocycles. The molecule has 5 rings (SSSR count). The number of ether oxygens (including phenoxy) is 1. The molecule has 0 amide bonds. The van der Waals surface area contributed by atoms with Crippen molar-refractivity contribution in [1.29, 1.82) is 0 Å². The Kier molecular flexibility index (Phi) is 4.25. The maximum Gasteiger partial charge on any atom is 0.290 e. The van der Waals surface area contributed by atoms with Gasteiger partial charge in [0.05, 0.1) is 0 Å². The lowest BCUT2D eigenvalue weighted by molar-refractivity contribution is -0.0146. The van der Waals surface area contributed by atoms with Crippen LogP contribution in [-0.4, -0.2) is 48.7 Å². The first-order valence-electron chi connectivity index (χ1n) is 8.50. The van der Waals surface area contributed by atoms with E-state index in [-0.39, 0.29) is 6.10 Å². The van der Waals surface area contributed by atoms with Crippen molar-refractivity contribution < 1.29 is 13.5 Å². The molecule has 3 aliphatic rings. The molecule has 2 bridgehead atoms. The molecule has 3 fully saturated rings. The third-order valence-corrected chi connectivity index (χ3v) is 5.06. The van der Waals surface area contributed by atoms with Crippen molar-refractivity contribution in [3.8, 4) is 0 Å². The van der Waals surface area contributed by atoms with E-state index in [4.69, 9.17) is 4.74 Å². The zero-order valence-electron chi connectivity index (χ0n) is 14.0. The molecule has 0 spiro atoms. The average Bonchev–Trinajstić information content (AvgIpc) is 2.63. The number of nitrogens with one attached hydrogen (secondary N) is 1. The Labute approximate surface area is 144 Å². The molecular formula is C18H20F2N4O. The SMILES string of the molecule is CN=C(Nc1cc2cc(F)c(F)cc2cn1)O[C@H]1CN2CCC1CC2. The number of pyridine rings is 1. The molecule has 2 aromatic rings. The standard InChI is InChI=1S/C18H20F2N4O/c1-21-18(25-16-10-24-4-2-11(16)3-5-24)23-17-8-12-6-14(19)15(20)7-13(12)9-22-17/h6-9,11,16H,2-5,10H2,1H3,(H,21,22,23)/t16-/m0/s1. The molecule has 7 heteroatoms. The van der Waals surface area contributed by atoms with Crippen molar-refractivity contribution in [2.24, 2.45) is 10.9 Å². The summed E-state index contributed by atoms with van der Waals surface area (Å²) in [7, 11) is 1.65. The lowest BCUT2D eigenvalue weighted by Crippen LogP contribution is -2.52. The van der Waals surface area contributed by atoms with Crippen LogP contribution in [0.3, 0.4) is 0 Å². The number of benzene rings is 1. The fourth-order valence-corrected chi connectivity index (χ4v) is 3.64. The topological polar surface area (TPSA) is 49.8 Å². The van der Waals surface area contributed by atoms with Gasteiger partial charge in [0, 0.05) is 25.2 Å². The number of halogens is 2. The fourth-order valence-electron chi connectivity index (χ4n) is 3.64. The van der Waals surface area contributed by atoms with Gasteiger partial charge < -0.3 is 4.74 Å². The summed E-state index contributed by atoms with van der Waals surface area (Å²) < 4.78 is 32.8. The number of hydrogen-bond donors (Lipinski definition) is 1. The lowest BCUT2D eigenvalue weighted by atomic mass is 9.86. The average molecular weight is 346 g/mol.